The van der Waals surface area contributed by atoms with Gasteiger partial charge in [0.2, 0.25) is 0 Å². The summed E-state index contributed by atoms with van der Waals surface area (Å²) in [5, 5.41) is 24.6. The summed E-state index contributed by atoms with van der Waals surface area (Å²) in [6.45, 7) is 7.87. The number of nitrogens with zero attached hydrogens (tertiary/aromatic N) is 3. The highest BCUT2D eigenvalue weighted by molar-refractivity contribution is 7.97. The fraction of sp³-hybridized carbons (Fsp3) is 0.481. The van der Waals surface area contributed by atoms with Crippen LogP contribution in [-0.4, -0.2) is 56.0 Å². The molecule has 0 unspecified atom stereocenters. The number of likely N-dealkylation sites (tertiary alicyclic amines) is 1. The average molecular weight is 558 g/mol. The number of carbonyl (C=O) groups excluding carboxylic acids is 1. The van der Waals surface area contributed by atoms with Gasteiger partial charge >= 0.3 is 5.92 Å². The van der Waals surface area contributed by atoms with E-state index in [1.54, 1.807) is 18.0 Å². The molecule has 1 saturated heterocycles. The Morgan fingerprint density at radius 1 is 1.23 bits per heavy atom. The monoisotopic (exact) mass is 557 g/mol. The second-order valence-electron chi connectivity index (χ2n) is 11.1. The molecule has 1 aromatic carbocycles. The molecule has 0 atom stereocenters. The van der Waals surface area contributed by atoms with Crippen LogP contribution in [0.15, 0.2) is 40.2 Å². The van der Waals surface area contributed by atoms with Crippen LogP contribution in [0.5, 0.6) is 0 Å². The number of aromatic amines is 1. The van der Waals surface area contributed by atoms with Gasteiger partial charge in [0.15, 0.2) is 0 Å². The summed E-state index contributed by atoms with van der Waals surface area (Å²) in [6.07, 6.45) is 1.97. The molecule has 0 spiro atoms. The van der Waals surface area contributed by atoms with Gasteiger partial charge in [0.1, 0.15) is 11.4 Å². The molecule has 0 radical (unpaired) electrons. The molecule has 1 aromatic heterocycles. The van der Waals surface area contributed by atoms with Crippen LogP contribution in [-0.2, 0) is 11.3 Å². The largest absolute Gasteiger partial charge is 0.378 e. The average Bonchev–Trinajstić information content (AvgIpc) is 3.28. The number of fused-ring (bicyclic) bond motifs is 1. The Balaban J connectivity index is 1.53. The molecule has 1 fully saturated rings. The van der Waals surface area contributed by atoms with Crippen molar-refractivity contribution in [1.29, 1.82) is 10.7 Å². The number of aromatic nitrogens is 1. The van der Waals surface area contributed by atoms with E-state index in [2.05, 4.69) is 46.8 Å². The molecular formula is C27H33F2N7O2S. The molecule has 1 amide bonds. The SMILES string of the molecule is CC(F)(F)C(=O)N1CCC(CC#N)(Nc2cc[nH]c(=O)c2C(=N)Nc2ccc3c(c2)CN(C(C)(C)C)S3)CC1. The quantitative estimate of drug-likeness (QED) is 0.229. The van der Waals surface area contributed by atoms with E-state index < -0.39 is 22.9 Å². The van der Waals surface area contributed by atoms with Crippen molar-refractivity contribution in [2.45, 2.75) is 75.4 Å². The number of nitriles is 1. The van der Waals surface area contributed by atoms with E-state index in [-0.39, 0.29) is 49.3 Å². The van der Waals surface area contributed by atoms with E-state index in [9.17, 15) is 23.6 Å². The van der Waals surface area contributed by atoms with Crippen molar-refractivity contribution in [3.05, 3.63) is 51.9 Å². The first-order chi connectivity index (χ1) is 18.2. The second kappa shape index (κ2) is 10.6. The molecule has 4 N–H and O–H groups in total. The molecular weight excluding hydrogens is 524 g/mol. The van der Waals surface area contributed by atoms with E-state index >= 15 is 0 Å². The number of benzene rings is 1. The van der Waals surface area contributed by atoms with Gasteiger partial charge in [0.25, 0.3) is 11.5 Å². The number of halogens is 2. The van der Waals surface area contributed by atoms with Crippen molar-refractivity contribution >= 4 is 35.1 Å². The number of piperidine rings is 1. The van der Waals surface area contributed by atoms with Crippen LogP contribution < -0.4 is 16.2 Å². The molecule has 2 aliphatic heterocycles. The van der Waals surface area contributed by atoms with Crippen molar-refractivity contribution in [2.75, 3.05) is 23.7 Å². The van der Waals surface area contributed by atoms with Crippen LogP contribution in [0.2, 0.25) is 0 Å². The molecule has 12 heteroatoms. The zero-order valence-electron chi connectivity index (χ0n) is 22.5. The number of rotatable bonds is 6. The third-order valence-corrected chi connectivity index (χ3v) is 8.50. The van der Waals surface area contributed by atoms with Crippen molar-refractivity contribution in [3.8, 4) is 6.07 Å². The molecule has 208 valence electrons. The topological polar surface area (TPSA) is 128 Å². The lowest BCUT2D eigenvalue weighted by atomic mass is 9.84. The summed E-state index contributed by atoms with van der Waals surface area (Å²) in [7, 11) is 0. The zero-order valence-corrected chi connectivity index (χ0v) is 23.3. The summed E-state index contributed by atoms with van der Waals surface area (Å²) in [4.78, 5) is 29.8. The number of amides is 1. The number of anilines is 2. The van der Waals surface area contributed by atoms with Gasteiger partial charge in [-0.2, -0.15) is 14.0 Å². The number of H-pyrrole nitrogens is 1. The lowest BCUT2D eigenvalue weighted by Gasteiger charge is -2.42. The zero-order chi connectivity index (χ0) is 28.6. The van der Waals surface area contributed by atoms with Gasteiger partial charge in [-0.05, 0) is 75.4 Å². The van der Waals surface area contributed by atoms with Gasteiger partial charge in [-0.3, -0.25) is 15.0 Å². The summed E-state index contributed by atoms with van der Waals surface area (Å²) in [6, 6.07) is 9.58. The maximum absolute atomic E-state index is 13.6. The first-order valence-electron chi connectivity index (χ1n) is 12.7. The van der Waals surface area contributed by atoms with E-state index in [4.69, 9.17) is 5.41 Å². The molecule has 0 aliphatic carbocycles. The predicted molar refractivity (Wildman–Crippen MR) is 148 cm³/mol. The molecule has 2 aromatic rings. The molecule has 9 nitrogen and oxygen atoms in total. The van der Waals surface area contributed by atoms with Gasteiger partial charge in [0, 0.05) is 48.9 Å². The highest BCUT2D eigenvalue weighted by Crippen LogP contribution is 2.41. The summed E-state index contributed by atoms with van der Waals surface area (Å²) < 4.78 is 29.4. The van der Waals surface area contributed by atoms with E-state index in [0.717, 1.165) is 21.9 Å². The third-order valence-electron chi connectivity index (χ3n) is 7.01. The van der Waals surface area contributed by atoms with E-state index in [0.29, 0.717) is 18.3 Å². The lowest BCUT2D eigenvalue weighted by Crippen LogP contribution is -2.53. The molecule has 4 rings (SSSR count). The molecule has 0 bridgehead atoms. The Morgan fingerprint density at radius 3 is 2.54 bits per heavy atom. The smallest absolute Gasteiger partial charge is 0.322 e. The number of amidine groups is 1. The van der Waals surface area contributed by atoms with E-state index in [1.165, 1.54) is 6.20 Å². The van der Waals surface area contributed by atoms with Crippen LogP contribution in [0.25, 0.3) is 0 Å². The Labute approximate surface area is 230 Å². The molecule has 2 aliphatic rings. The molecule has 3 heterocycles. The fourth-order valence-electron chi connectivity index (χ4n) is 4.79. The number of alkyl halides is 2. The van der Waals surface area contributed by atoms with Gasteiger partial charge in [-0.1, -0.05) is 0 Å². The van der Waals surface area contributed by atoms with Crippen molar-refractivity contribution < 1.29 is 13.6 Å². The number of pyridine rings is 1. The maximum Gasteiger partial charge on any atom is 0.322 e. The number of hydrogen-bond acceptors (Lipinski definition) is 7. The summed E-state index contributed by atoms with van der Waals surface area (Å²) >= 11 is 1.69. The molecule has 0 saturated carbocycles. The van der Waals surface area contributed by atoms with E-state index in [1.807, 2.05) is 18.2 Å². The standard InChI is InChI=1S/C27H33F2N7O2S/c1-25(2,3)36-16-17-15-18(5-6-20(17)39-36)33-22(31)21-19(7-12-32-23(21)37)34-27(8-11-30)9-13-35(14-10-27)24(38)26(4,28)29/h5-7,12,15H,8-10,13-14,16H2,1-4H3,(H2,31,33)(H2,32,34,37). The highest BCUT2D eigenvalue weighted by atomic mass is 32.2. The number of hydrogen-bond donors (Lipinski definition) is 4. The van der Waals surface area contributed by atoms with Crippen LogP contribution in [0.3, 0.4) is 0 Å². The summed E-state index contributed by atoms with van der Waals surface area (Å²) in [5.74, 6) is -4.83. The predicted octanol–water partition coefficient (Wildman–Crippen LogP) is 4.78. The maximum atomic E-state index is 13.6. The minimum absolute atomic E-state index is 0.0118. The molecule has 39 heavy (non-hydrogen) atoms. The minimum atomic E-state index is -3.47. The lowest BCUT2D eigenvalue weighted by molar-refractivity contribution is -0.156. The van der Waals surface area contributed by atoms with Gasteiger partial charge < -0.3 is 20.5 Å². The van der Waals surface area contributed by atoms with Crippen LogP contribution in [0, 0.1) is 16.7 Å². The van der Waals surface area contributed by atoms with Crippen LogP contribution in [0.4, 0.5) is 20.2 Å². The second-order valence-corrected chi connectivity index (χ2v) is 12.2. The first kappa shape index (κ1) is 28.6. The fourth-order valence-corrected chi connectivity index (χ4v) is 5.87. The van der Waals surface area contributed by atoms with Gasteiger partial charge in [-0.15, -0.1) is 0 Å². The Hall–Kier alpha value is -3.43. The van der Waals surface area contributed by atoms with Gasteiger partial charge in [-0.25, -0.2) is 4.31 Å². The minimum Gasteiger partial charge on any atom is -0.378 e. The summed E-state index contributed by atoms with van der Waals surface area (Å²) in [5.41, 5.74) is 0.866. The van der Waals surface area contributed by atoms with Crippen molar-refractivity contribution in [3.63, 3.8) is 0 Å². The number of carbonyl (C=O) groups is 1. The Morgan fingerprint density at radius 2 is 1.92 bits per heavy atom. The Bertz CT molecular complexity index is 1370. The first-order valence-corrected chi connectivity index (χ1v) is 13.5. The van der Waals surface area contributed by atoms with Crippen LogP contribution in [0.1, 0.15) is 58.1 Å². The van der Waals surface area contributed by atoms with Crippen molar-refractivity contribution in [2.24, 2.45) is 0 Å². The van der Waals surface area contributed by atoms with Crippen LogP contribution >= 0.6 is 11.9 Å². The van der Waals surface area contributed by atoms with Crippen molar-refractivity contribution in [1.82, 2.24) is 14.2 Å². The highest BCUT2D eigenvalue weighted by Gasteiger charge is 2.42. The normalized spacial score (nSPS) is 17.3. The number of nitrogens with one attached hydrogen (secondary N) is 4. The van der Waals surface area contributed by atoms with Gasteiger partial charge in [0.05, 0.1) is 23.7 Å². The third kappa shape index (κ3) is 6.25. The Kier molecular flexibility index (Phi) is 7.78.